The second-order valence-electron chi connectivity index (χ2n) is 4.29. The van der Waals surface area contributed by atoms with Crippen LogP contribution in [-0.4, -0.2) is 25.3 Å². The number of benzene rings is 2. The number of hydrogen-bond donors (Lipinski definition) is 1. The van der Waals surface area contributed by atoms with Crippen molar-refractivity contribution in [3.05, 3.63) is 59.1 Å². The predicted octanol–water partition coefficient (Wildman–Crippen LogP) is 3.87. The molecule has 0 saturated carbocycles. The molecule has 2 aromatic rings. The van der Waals surface area contributed by atoms with Gasteiger partial charge in [0.1, 0.15) is 5.75 Å². The van der Waals surface area contributed by atoms with Gasteiger partial charge in [-0.05, 0) is 42.5 Å². The lowest BCUT2D eigenvalue weighted by atomic mass is 10.2. The van der Waals surface area contributed by atoms with Gasteiger partial charge in [-0.15, -0.1) is 11.8 Å². The molecule has 3 nitrogen and oxygen atoms in total. The summed E-state index contributed by atoms with van der Waals surface area (Å²) in [5.41, 5.74) is 0.603. The summed E-state index contributed by atoms with van der Waals surface area (Å²) in [4.78, 5) is 13.1. The van der Waals surface area contributed by atoms with E-state index in [1.54, 1.807) is 37.1 Å². The third-order valence-electron chi connectivity index (χ3n) is 2.80. The molecule has 2 aromatic carbocycles. The van der Waals surface area contributed by atoms with Gasteiger partial charge in [-0.25, -0.2) is 0 Å². The summed E-state index contributed by atoms with van der Waals surface area (Å²) in [6.45, 7) is 0.601. The second kappa shape index (κ2) is 7.96. The van der Waals surface area contributed by atoms with Crippen LogP contribution in [0.15, 0.2) is 53.4 Å². The molecule has 0 unspecified atom stereocenters. The Balaban J connectivity index is 1.77. The summed E-state index contributed by atoms with van der Waals surface area (Å²) in [5.74, 6) is 1.39. The van der Waals surface area contributed by atoms with Crippen LogP contribution in [-0.2, 0) is 0 Å². The molecule has 0 aliphatic heterocycles. The third kappa shape index (κ3) is 4.99. The van der Waals surface area contributed by atoms with Gasteiger partial charge in [0.25, 0.3) is 5.91 Å². The molecule has 1 amide bonds. The van der Waals surface area contributed by atoms with Gasteiger partial charge in [0, 0.05) is 27.8 Å². The highest BCUT2D eigenvalue weighted by molar-refractivity contribution is 7.99. The molecule has 0 aromatic heterocycles. The summed E-state index contributed by atoms with van der Waals surface area (Å²) in [6, 6.07) is 14.8. The average Bonchev–Trinajstić information content (AvgIpc) is 2.53. The molecule has 0 aliphatic rings. The fourth-order valence-corrected chi connectivity index (χ4v) is 2.62. The monoisotopic (exact) mass is 321 g/mol. The molecular weight excluding hydrogens is 306 g/mol. The van der Waals surface area contributed by atoms with E-state index in [1.165, 1.54) is 0 Å². The van der Waals surface area contributed by atoms with E-state index in [-0.39, 0.29) is 5.91 Å². The standard InChI is InChI=1S/C16H16ClNO2S/c1-20-14-4-2-3-12(11-14)16(19)18-9-10-21-15-7-5-13(17)6-8-15/h2-8,11H,9-10H2,1H3,(H,18,19). The maximum atomic E-state index is 12.0. The van der Waals surface area contributed by atoms with Gasteiger partial charge in [-0.1, -0.05) is 17.7 Å². The maximum absolute atomic E-state index is 12.0. The molecule has 0 aliphatic carbocycles. The summed E-state index contributed by atoms with van der Waals surface area (Å²) in [5, 5.41) is 3.62. The molecule has 21 heavy (non-hydrogen) atoms. The van der Waals surface area contributed by atoms with Crippen molar-refractivity contribution in [1.82, 2.24) is 5.32 Å². The highest BCUT2D eigenvalue weighted by Crippen LogP contribution is 2.19. The Morgan fingerprint density at radius 2 is 2.00 bits per heavy atom. The van der Waals surface area contributed by atoms with E-state index in [9.17, 15) is 4.79 Å². The van der Waals surface area contributed by atoms with Gasteiger partial charge in [0.15, 0.2) is 0 Å². The first kappa shape index (κ1) is 15.7. The van der Waals surface area contributed by atoms with Crippen LogP contribution < -0.4 is 10.1 Å². The van der Waals surface area contributed by atoms with Crippen molar-refractivity contribution in [2.24, 2.45) is 0 Å². The van der Waals surface area contributed by atoms with Crippen LogP contribution in [0.2, 0.25) is 5.02 Å². The van der Waals surface area contributed by atoms with Gasteiger partial charge >= 0.3 is 0 Å². The zero-order valence-corrected chi connectivity index (χ0v) is 13.2. The number of nitrogens with one attached hydrogen (secondary N) is 1. The van der Waals surface area contributed by atoms with Gasteiger partial charge in [0.05, 0.1) is 7.11 Å². The van der Waals surface area contributed by atoms with E-state index in [2.05, 4.69) is 5.32 Å². The van der Waals surface area contributed by atoms with Crippen LogP contribution in [0.3, 0.4) is 0 Å². The van der Waals surface area contributed by atoms with Crippen LogP contribution in [0.5, 0.6) is 5.75 Å². The van der Waals surface area contributed by atoms with Crippen LogP contribution in [0.1, 0.15) is 10.4 Å². The number of carbonyl (C=O) groups is 1. The maximum Gasteiger partial charge on any atom is 0.251 e. The molecule has 0 radical (unpaired) electrons. The van der Waals surface area contributed by atoms with Crippen LogP contribution in [0.4, 0.5) is 0 Å². The highest BCUT2D eigenvalue weighted by atomic mass is 35.5. The lowest BCUT2D eigenvalue weighted by molar-refractivity contribution is 0.0956. The minimum atomic E-state index is -0.0920. The van der Waals surface area contributed by atoms with Crippen molar-refractivity contribution < 1.29 is 9.53 Å². The number of rotatable bonds is 6. The van der Waals surface area contributed by atoms with Crippen molar-refractivity contribution in [1.29, 1.82) is 0 Å². The van der Waals surface area contributed by atoms with Crippen molar-refractivity contribution in [3.63, 3.8) is 0 Å². The van der Waals surface area contributed by atoms with Crippen molar-refractivity contribution in [3.8, 4) is 5.75 Å². The molecule has 0 spiro atoms. The fraction of sp³-hybridized carbons (Fsp3) is 0.188. The van der Waals surface area contributed by atoms with Crippen LogP contribution in [0.25, 0.3) is 0 Å². The van der Waals surface area contributed by atoms with Crippen molar-refractivity contribution in [2.45, 2.75) is 4.90 Å². The number of ether oxygens (including phenoxy) is 1. The molecule has 2 rings (SSSR count). The topological polar surface area (TPSA) is 38.3 Å². The van der Waals surface area contributed by atoms with E-state index in [0.29, 0.717) is 17.9 Å². The van der Waals surface area contributed by atoms with E-state index in [1.807, 2.05) is 30.3 Å². The number of methoxy groups -OCH3 is 1. The first-order chi connectivity index (χ1) is 10.2. The molecular formula is C16H16ClNO2S. The second-order valence-corrected chi connectivity index (χ2v) is 5.90. The minimum absolute atomic E-state index is 0.0920. The lowest BCUT2D eigenvalue weighted by Crippen LogP contribution is -2.25. The van der Waals surface area contributed by atoms with E-state index in [4.69, 9.17) is 16.3 Å². The van der Waals surface area contributed by atoms with Crippen LogP contribution >= 0.6 is 23.4 Å². The summed E-state index contributed by atoms with van der Waals surface area (Å²) < 4.78 is 5.10. The molecule has 5 heteroatoms. The van der Waals surface area contributed by atoms with Crippen molar-refractivity contribution >= 4 is 29.3 Å². The third-order valence-corrected chi connectivity index (χ3v) is 4.07. The Bertz CT molecular complexity index is 601. The molecule has 0 atom stereocenters. The smallest absolute Gasteiger partial charge is 0.251 e. The van der Waals surface area contributed by atoms with Gasteiger partial charge in [-0.2, -0.15) is 0 Å². The van der Waals surface area contributed by atoms with E-state index in [0.717, 1.165) is 15.7 Å². The summed E-state index contributed by atoms with van der Waals surface area (Å²) in [6.07, 6.45) is 0. The number of thioether (sulfide) groups is 1. The fourth-order valence-electron chi connectivity index (χ4n) is 1.73. The zero-order chi connectivity index (χ0) is 15.1. The number of amides is 1. The van der Waals surface area contributed by atoms with E-state index >= 15 is 0 Å². The van der Waals surface area contributed by atoms with Crippen molar-refractivity contribution in [2.75, 3.05) is 19.4 Å². The molecule has 0 saturated heterocycles. The predicted molar refractivity (Wildman–Crippen MR) is 87.5 cm³/mol. The van der Waals surface area contributed by atoms with Crippen LogP contribution in [0, 0.1) is 0 Å². The van der Waals surface area contributed by atoms with Gasteiger partial charge < -0.3 is 10.1 Å². The Morgan fingerprint density at radius 3 is 2.71 bits per heavy atom. The minimum Gasteiger partial charge on any atom is -0.497 e. The Kier molecular flexibility index (Phi) is 5.96. The Hall–Kier alpha value is -1.65. The Morgan fingerprint density at radius 1 is 1.24 bits per heavy atom. The van der Waals surface area contributed by atoms with Gasteiger partial charge in [-0.3, -0.25) is 4.79 Å². The number of hydrogen-bond acceptors (Lipinski definition) is 3. The molecule has 0 heterocycles. The first-order valence-electron chi connectivity index (χ1n) is 6.49. The first-order valence-corrected chi connectivity index (χ1v) is 7.86. The lowest BCUT2D eigenvalue weighted by Gasteiger charge is -2.06. The zero-order valence-electron chi connectivity index (χ0n) is 11.6. The largest absolute Gasteiger partial charge is 0.497 e. The SMILES string of the molecule is COc1cccc(C(=O)NCCSc2ccc(Cl)cc2)c1. The molecule has 0 fully saturated rings. The van der Waals surface area contributed by atoms with E-state index < -0.39 is 0 Å². The average molecular weight is 322 g/mol. The number of halogens is 1. The molecule has 110 valence electrons. The summed E-state index contributed by atoms with van der Waals surface area (Å²) >= 11 is 7.51. The number of carbonyl (C=O) groups excluding carboxylic acids is 1. The van der Waals surface area contributed by atoms with Gasteiger partial charge in [0.2, 0.25) is 0 Å². The quantitative estimate of drug-likeness (QED) is 0.648. The molecule has 0 bridgehead atoms. The normalized spacial score (nSPS) is 10.2. The Labute approximate surface area is 133 Å². The summed E-state index contributed by atoms with van der Waals surface area (Å²) in [7, 11) is 1.58. The highest BCUT2D eigenvalue weighted by Gasteiger charge is 2.05. The molecule has 1 N–H and O–H groups in total.